The van der Waals surface area contributed by atoms with Gasteiger partial charge < -0.3 is 9.73 Å². The van der Waals surface area contributed by atoms with Crippen molar-refractivity contribution in [3.05, 3.63) is 65.3 Å². The third-order valence-corrected chi connectivity index (χ3v) is 3.40. The fourth-order valence-corrected chi connectivity index (χ4v) is 2.48. The molecule has 2 heterocycles. The van der Waals surface area contributed by atoms with E-state index in [0.29, 0.717) is 5.22 Å². The molecule has 0 fully saturated rings. The molecular weight excluding hydrogens is 260 g/mol. The fourth-order valence-electron chi connectivity index (χ4n) is 2.32. The summed E-state index contributed by atoms with van der Waals surface area (Å²) < 4.78 is 5.52. The van der Waals surface area contributed by atoms with Crippen LogP contribution in [0.5, 0.6) is 0 Å². The Morgan fingerprint density at radius 1 is 1.21 bits per heavy atom. The highest BCUT2D eigenvalue weighted by atomic mass is 35.5. The summed E-state index contributed by atoms with van der Waals surface area (Å²) in [5, 5.41) is 5.92. The summed E-state index contributed by atoms with van der Waals surface area (Å²) in [6.45, 7) is 0. The maximum absolute atomic E-state index is 5.86. The molecule has 0 saturated carbocycles. The molecule has 0 saturated heterocycles. The molecule has 0 aliphatic carbocycles. The number of nitrogens with one attached hydrogen (secondary N) is 1. The lowest BCUT2D eigenvalue weighted by atomic mass is 9.99. The van der Waals surface area contributed by atoms with Crippen molar-refractivity contribution in [3.63, 3.8) is 0 Å². The Balaban J connectivity index is 2.16. The van der Waals surface area contributed by atoms with Gasteiger partial charge >= 0.3 is 0 Å². The van der Waals surface area contributed by atoms with Gasteiger partial charge in [0.15, 0.2) is 5.22 Å². The lowest BCUT2D eigenvalue weighted by Gasteiger charge is -2.16. The van der Waals surface area contributed by atoms with Crippen LogP contribution < -0.4 is 5.32 Å². The third kappa shape index (κ3) is 2.23. The van der Waals surface area contributed by atoms with Gasteiger partial charge in [-0.3, -0.25) is 4.98 Å². The van der Waals surface area contributed by atoms with Gasteiger partial charge in [-0.05, 0) is 47.8 Å². The van der Waals surface area contributed by atoms with Gasteiger partial charge in [0.2, 0.25) is 0 Å². The number of aromatic nitrogens is 1. The quantitative estimate of drug-likeness (QED) is 0.788. The monoisotopic (exact) mass is 272 g/mol. The zero-order valence-corrected chi connectivity index (χ0v) is 11.2. The summed E-state index contributed by atoms with van der Waals surface area (Å²) >= 11 is 5.86. The minimum atomic E-state index is -0.0413. The molecule has 1 aromatic carbocycles. The molecule has 3 aromatic rings. The lowest BCUT2D eigenvalue weighted by Crippen LogP contribution is -2.17. The molecule has 4 heteroatoms. The number of furan rings is 1. The Labute approximate surface area is 116 Å². The van der Waals surface area contributed by atoms with Crippen molar-refractivity contribution in [1.82, 2.24) is 10.3 Å². The maximum Gasteiger partial charge on any atom is 0.193 e. The van der Waals surface area contributed by atoms with E-state index >= 15 is 0 Å². The molecule has 3 nitrogen and oxygen atoms in total. The van der Waals surface area contributed by atoms with E-state index in [9.17, 15) is 0 Å². The molecule has 0 spiro atoms. The molecule has 96 valence electrons. The highest BCUT2D eigenvalue weighted by Crippen LogP contribution is 2.30. The normalized spacial score (nSPS) is 12.7. The number of halogens is 1. The number of benzene rings is 1. The van der Waals surface area contributed by atoms with Crippen LogP contribution in [0.25, 0.3) is 10.8 Å². The standard InChI is InChI=1S/C15H13ClN2O/c1-17-15(13-5-6-14(16)19-13)11-4-2-3-10-7-8-18-9-12(10)11/h2-9,15,17H,1H3. The second-order valence-corrected chi connectivity index (χ2v) is 4.68. The molecule has 0 radical (unpaired) electrons. The maximum atomic E-state index is 5.86. The van der Waals surface area contributed by atoms with E-state index in [2.05, 4.69) is 22.4 Å². The molecule has 1 atom stereocenters. The summed E-state index contributed by atoms with van der Waals surface area (Å²) in [7, 11) is 1.90. The molecule has 3 rings (SSSR count). The molecule has 2 aromatic heterocycles. The van der Waals surface area contributed by atoms with Crippen molar-refractivity contribution in [2.45, 2.75) is 6.04 Å². The summed E-state index contributed by atoms with van der Waals surface area (Å²) in [5.74, 6) is 0.795. The first kappa shape index (κ1) is 12.2. The first-order chi connectivity index (χ1) is 9.29. The van der Waals surface area contributed by atoms with E-state index in [4.69, 9.17) is 16.0 Å². The van der Waals surface area contributed by atoms with Crippen molar-refractivity contribution in [1.29, 1.82) is 0 Å². The number of pyridine rings is 1. The minimum Gasteiger partial charge on any atom is -0.448 e. The summed E-state index contributed by atoms with van der Waals surface area (Å²) in [5.41, 5.74) is 1.12. The van der Waals surface area contributed by atoms with Gasteiger partial charge in [0.05, 0.1) is 6.04 Å². The Morgan fingerprint density at radius 2 is 2.11 bits per heavy atom. The number of nitrogens with zero attached hydrogens (tertiary/aromatic N) is 1. The van der Waals surface area contributed by atoms with Crippen LogP contribution in [0.3, 0.4) is 0 Å². The van der Waals surface area contributed by atoms with Crippen LogP contribution in [0.15, 0.2) is 53.2 Å². The van der Waals surface area contributed by atoms with Crippen LogP contribution in [0.1, 0.15) is 17.4 Å². The molecule has 1 unspecified atom stereocenters. The minimum absolute atomic E-state index is 0.0413. The van der Waals surface area contributed by atoms with Gasteiger partial charge in [0.25, 0.3) is 0 Å². The predicted molar refractivity (Wildman–Crippen MR) is 76.4 cm³/mol. The van der Waals surface area contributed by atoms with Crippen molar-refractivity contribution >= 4 is 22.4 Å². The summed E-state index contributed by atoms with van der Waals surface area (Å²) in [6, 6.07) is 11.8. The van der Waals surface area contributed by atoms with Crippen molar-refractivity contribution in [2.75, 3.05) is 7.05 Å². The Bertz CT molecular complexity index is 703. The number of fused-ring (bicyclic) bond motifs is 1. The van der Waals surface area contributed by atoms with Crippen LogP contribution in [0.4, 0.5) is 0 Å². The van der Waals surface area contributed by atoms with E-state index in [1.165, 1.54) is 0 Å². The highest BCUT2D eigenvalue weighted by Gasteiger charge is 2.18. The molecule has 1 N–H and O–H groups in total. The van der Waals surface area contributed by atoms with E-state index < -0.39 is 0 Å². The predicted octanol–water partition coefficient (Wildman–Crippen LogP) is 3.79. The fraction of sp³-hybridized carbons (Fsp3) is 0.133. The topological polar surface area (TPSA) is 38.1 Å². The van der Waals surface area contributed by atoms with Crippen LogP contribution in [0, 0.1) is 0 Å². The van der Waals surface area contributed by atoms with Crippen LogP contribution in [-0.4, -0.2) is 12.0 Å². The summed E-state index contributed by atoms with van der Waals surface area (Å²) in [6.07, 6.45) is 3.67. The van der Waals surface area contributed by atoms with E-state index in [1.807, 2.05) is 31.4 Å². The van der Waals surface area contributed by atoms with E-state index in [1.54, 1.807) is 12.3 Å². The molecule has 0 aliphatic heterocycles. The second kappa shape index (κ2) is 5.03. The Kier molecular flexibility index (Phi) is 3.23. The first-order valence-corrected chi connectivity index (χ1v) is 6.42. The average Bonchev–Trinajstić information content (AvgIpc) is 2.86. The molecular formula is C15H13ClN2O. The first-order valence-electron chi connectivity index (χ1n) is 6.05. The van der Waals surface area contributed by atoms with Crippen LogP contribution in [0.2, 0.25) is 5.22 Å². The summed E-state index contributed by atoms with van der Waals surface area (Å²) in [4.78, 5) is 4.20. The van der Waals surface area contributed by atoms with Crippen molar-refractivity contribution < 1.29 is 4.42 Å². The van der Waals surface area contributed by atoms with E-state index in [-0.39, 0.29) is 6.04 Å². The molecule has 0 bridgehead atoms. The van der Waals surface area contributed by atoms with Crippen molar-refractivity contribution in [2.24, 2.45) is 0 Å². The van der Waals surface area contributed by atoms with Gasteiger partial charge in [0, 0.05) is 17.8 Å². The van der Waals surface area contributed by atoms with Gasteiger partial charge in [-0.2, -0.15) is 0 Å². The molecule has 19 heavy (non-hydrogen) atoms. The number of hydrogen-bond acceptors (Lipinski definition) is 3. The zero-order chi connectivity index (χ0) is 13.2. The Hall–Kier alpha value is -1.84. The zero-order valence-electron chi connectivity index (χ0n) is 10.4. The van der Waals surface area contributed by atoms with Crippen LogP contribution >= 0.6 is 11.6 Å². The van der Waals surface area contributed by atoms with Gasteiger partial charge in [-0.15, -0.1) is 0 Å². The second-order valence-electron chi connectivity index (χ2n) is 4.31. The van der Waals surface area contributed by atoms with Crippen LogP contribution in [-0.2, 0) is 0 Å². The van der Waals surface area contributed by atoms with E-state index in [0.717, 1.165) is 22.1 Å². The number of rotatable bonds is 3. The smallest absolute Gasteiger partial charge is 0.193 e. The largest absolute Gasteiger partial charge is 0.448 e. The molecule has 0 amide bonds. The van der Waals surface area contributed by atoms with Gasteiger partial charge in [-0.1, -0.05) is 18.2 Å². The number of hydrogen-bond donors (Lipinski definition) is 1. The van der Waals surface area contributed by atoms with Gasteiger partial charge in [0.1, 0.15) is 5.76 Å². The highest BCUT2D eigenvalue weighted by molar-refractivity contribution is 6.28. The van der Waals surface area contributed by atoms with Crippen molar-refractivity contribution in [3.8, 4) is 0 Å². The average molecular weight is 273 g/mol. The SMILES string of the molecule is CNC(c1ccc(Cl)o1)c1cccc2ccncc12. The van der Waals surface area contributed by atoms with Gasteiger partial charge in [-0.25, -0.2) is 0 Å². The Morgan fingerprint density at radius 3 is 2.84 bits per heavy atom. The lowest BCUT2D eigenvalue weighted by molar-refractivity contribution is 0.466. The third-order valence-electron chi connectivity index (χ3n) is 3.20. The molecule has 0 aliphatic rings.